The van der Waals surface area contributed by atoms with Crippen molar-refractivity contribution in [1.82, 2.24) is 10.2 Å². The Balaban J connectivity index is 1.83. The molecule has 22 heavy (non-hydrogen) atoms. The number of thioether (sulfide) groups is 1. The van der Waals surface area contributed by atoms with Gasteiger partial charge in [-0.3, -0.25) is 10.1 Å². The average Bonchev–Trinajstić information content (AvgIpc) is 2.91. The van der Waals surface area contributed by atoms with Crippen LogP contribution >= 0.6 is 23.1 Å². The molecule has 118 valence electrons. The van der Waals surface area contributed by atoms with Crippen molar-refractivity contribution in [3.05, 3.63) is 24.3 Å². The first-order valence-electron chi connectivity index (χ1n) is 6.63. The lowest BCUT2D eigenvalue weighted by Crippen LogP contribution is -2.20. The summed E-state index contributed by atoms with van der Waals surface area (Å²) in [5, 5.41) is 11.5. The minimum absolute atomic E-state index is 0.0978. The molecule has 0 atom stereocenters. The highest BCUT2D eigenvalue weighted by Crippen LogP contribution is 2.28. The van der Waals surface area contributed by atoms with E-state index in [9.17, 15) is 4.79 Å². The molecule has 0 radical (unpaired) electrons. The van der Waals surface area contributed by atoms with Gasteiger partial charge < -0.3 is 9.47 Å². The monoisotopic (exact) mass is 339 g/mol. The first-order chi connectivity index (χ1) is 10.6. The van der Waals surface area contributed by atoms with E-state index >= 15 is 0 Å². The third-order valence-electron chi connectivity index (χ3n) is 2.40. The van der Waals surface area contributed by atoms with Gasteiger partial charge >= 0.3 is 0 Å². The Hall–Kier alpha value is -1.80. The lowest BCUT2D eigenvalue weighted by Gasteiger charge is -2.07. The van der Waals surface area contributed by atoms with Crippen molar-refractivity contribution < 1.29 is 14.3 Å². The fourth-order valence-electron chi connectivity index (χ4n) is 1.50. The molecule has 0 aliphatic rings. The van der Waals surface area contributed by atoms with Gasteiger partial charge in [0.15, 0.2) is 10.9 Å². The molecule has 0 unspecified atom stereocenters. The van der Waals surface area contributed by atoms with Gasteiger partial charge in [0.25, 0.3) is 5.91 Å². The first kappa shape index (κ1) is 16.6. The molecular formula is C14H17N3O3S2. The quantitative estimate of drug-likeness (QED) is 0.617. The highest BCUT2D eigenvalue weighted by Gasteiger charge is 2.10. The molecule has 6 nitrogen and oxygen atoms in total. The molecule has 0 fully saturated rings. The number of rotatable bonds is 7. The predicted molar refractivity (Wildman–Crippen MR) is 88.0 cm³/mol. The van der Waals surface area contributed by atoms with Crippen LogP contribution in [0.15, 0.2) is 28.6 Å². The number of anilines is 1. The van der Waals surface area contributed by atoms with Crippen LogP contribution in [0, 0.1) is 0 Å². The summed E-state index contributed by atoms with van der Waals surface area (Å²) in [5.41, 5.74) is 0. The second-order valence-corrected chi connectivity index (χ2v) is 7.36. The number of aromatic nitrogens is 2. The van der Waals surface area contributed by atoms with E-state index in [-0.39, 0.29) is 12.5 Å². The first-order valence-corrected chi connectivity index (χ1v) is 8.33. The largest absolute Gasteiger partial charge is 0.497 e. The van der Waals surface area contributed by atoms with Crippen LogP contribution in [-0.4, -0.2) is 35.1 Å². The van der Waals surface area contributed by atoms with Crippen LogP contribution < -0.4 is 14.8 Å². The van der Waals surface area contributed by atoms with E-state index in [0.29, 0.717) is 21.9 Å². The van der Waals surface area contributed by atoms with Gasteiger partial charge in [0.2, 0.25) is 5.13 Å². The number of hydrogen-bond donors (Lipinski definition) is 1. The number of carbonyl (C=O) groups is 1. The zero-order valence-electron chi connectivity index (χ0n) is 12.5. The SMILES string of the molecule is COc1cccc(OCC(=O)Nc2nnc(SC(C)C)s2)c1. The van der Waals surface area contributed by atoms with Crippen LogP contribution in [0.25, 0.3) is 0 Å². The van der Waals surface area contributed by atoms with Crippen LogP contribution in [-0.2, 0) is 4.79 Å². The number of nitrogens with one attached hydrogen (secondary N) is 1. The van der Waals surface area contributed by atoms with E-state index in [1.807, 2.05) is 6.07 Å². The molecule has 8 heteroatoms. The lowest BCUT2D eigenvalue weighted by atomic mass is 10.3. The number of hydrogen-bond acceptors (Lipinski definition) is 7. The second-order valence-electron chi connectivity index (χ2n) is 4.56. The molecule has 1 N–H and O–H groups in total. The summed E-state index contributed by atoms with van der Waals surface area (Å²) >= 11 is 2.96. The molecule has 0 saturated carbocycles. The van der Waals surface area contributed by atoms with Gasteiger partial charge in [0.05, 0.1) is 7.11 Å². The normalized spacial score (nSPS) is 10.5. The highest BCUT2D eigenvalue weighted by molar-refractivity contribution is 8.01. The summed E-state index contributed by atoms with van der Waals surface area (Å²) in [7, 11) is 1.58. The van der Waals surface area contributed by atoms with Gasteiger partial charge in [-0.05, 0) is 12.1 Å². The van der Waals surface area contributed by atoms with Gasteiger partial charge in [-0.2, -0.15) is 0 Å². The molecule has 2 aromatic rings. The summed E-state index contributed by atoms with van der Waals surface area (Å²) in [6, 6.07) is 7.09. The van der Waals surface area contributed by atoms with Crippen LogP contribution in [0.1, 0.15) is 13.8 Å². The zero-order chi connectivity index (χ0) is 15.9. The Morgan fingerprint density at radius 1 is 1.36 bits per heavy atom. The van der Waals surface area contributed by atoms with Gasteiger partial charge in [-0.15, -0.1) is 10.2 Å². The fourth-order valence-corrected chi connectivity index (χ4v) is 3.50. The smallest absolute Gasteiger partial charge is 0.264 e. The summed E-state index contributed by atoms with van der Waals surface area (Å²) in [6.45, 7) is 4.05. The molecule has 0 saturated heterocycles. The highest BCUT2D eigenvalue weighted by atomic mass is 32.2. The standard InChI is InChI=1S/C14H17N3O3S2/c1-9(2)21-14-17-16-13(22-14)15-12(18)8-20-11-6-4-5-10(7-11)19-3/h4-7,9H,8H2,1-3H3,(H,15,16,18). The van der Waals surface area contributed by atoms with E-state index in [0.717, 1.165) is 4.34 Å². The number of benzene rings is 1. The summed E-state index contributed by atoms with van der Waals surface area (Å²) < 4.78 is 11.3. The predicted octanol–water partition coefficient (Wildman–Crippen LogP) is 3.06. The van der Waals surface area contributed by atoms with Crippen molar-refractivity contribution in [2.75, 3.05) is 19.0 Å². The molecule has 1 amide bonds. The molecule has 0 spiro atoms. The lowest BCUT2D eigenvalue weighted by molar-refractivity contribution is -0.118. The molecule has 1 aromatic carbocycles. The Bertz CT molecular complexity index is 631. The molecule has 1 aromatic heterocycles. The molecule has 0 aliphatic heterocycles. The van der Waals surface area contributed by atoms with Crippen LogP contribution in [0.3, 0.4) is 0 Å². The second kappa shape index (κ2) is 8.00. The Morgan fingerprint density at radius 2 is 2.14 bits per heavy atom. The summed E-state index contributed by atoms with van der Waals surface area (Å²) in [6.07, 6.45) is 0. The maximum Gasteiger partial charge on any atom is 0.264 e. The van der Waals surface area contributed by atoms with Crippen LogP contribution in [0.4, 0.5) is 5.13 Å². The number of carbonyl (C=O) groups excluding carboxylic acids is 1. The molecule has 2 rings (SSSR count). The number of methoxy groups -OCH3 is 1. The molecule has 0 bridgehead atoms. The topological polar surface area (TPSA) is 73.3 Å². The molecule has 1 heterocycles. The Morgan fingerprint density at radius 3 is 2.86 bits per heavy atom. The van der Waals surface area contributed by atoms with Crippen molar-refractivity contribution in [3.8, 4) is 11.5 Å². The maximum atomic E-state index is 11.8. The third kappa shape index (κ3) is 5.19. The van der Waals surface area contributed by atoms with Crippen molar-refractivity contribution in [3.63, 3.8) is 0 Å². The van der Waals surface area contributed by atoms with Crippen molar-refractivity contribution in [2.24, 2.45) is 0 Å². The van der Waals surface area contributed by atoms with Crippen molar-refractivity contribution in [2.45, 2.75) is 23.4 Å². The van der Waals surface area contributed by atoms with Crippen LogP contribution in [0.2, 0.25) is 0 Å². The van der Waals surface area contributed by atoms with Gasteiger partial charge in [0.1, 0.15) is 11.5 Å². The van der Waals surface area contributed by atoms with E-state index in [1.54, 1.807) is 37.1 Å². The van der Waals surface area contributed by atoms with Crippen LogP contribution in [0.5, 0.6) is 11.5 Å². The minimum Gasteiger partial charge on any atom is -0.497 e. The van der Waals surface area contributed by atoms with E-state index in [1.165, 1.54) is 11.3 Å². The van der Waals surface area contributed by atoms with E-state index < -0.39 is 0 Å². The molecule has 0 aliphatic carbocycles. The van der Waals surface area contributed by atoms with E-state index in [2.05, 4.69) is 29.4 Å². The fraction of sp³-hybridized carbons (Fsp3) is 0.357. The summed E-state index contributed by atoms with van der Waals surface area (Å²) in [5.74, 6) is 0.972. The number of ether oxygens (including phenoxy) is 2. The van der Waals surface area contributed by atoms with Gasteiger partial charge in [-0.1, -0.05) is 43.0 Å². The minimum atomic E-state index is -0.278. The number of amides is 1. The van der Waals surface area contributed by atoms with Crippen molar-refractivity contribution >= 4 is 34.1 Å². The van der Waals surface area contributed by atoms with Gasteiger partial charge in [-0.25, -0.2) is 0 Å². The van der Waals surface area contributed by atoms with E-state index in [4.69, 9.17) is 9.47 Å². The maximum absolute atomic E-state index is 11.8. The Labute approximate surface area is 137 Å². The van der Waals surface area contributed by atoms with Crippen molar-refractivity contribution in [1.29, 1.82) is 0 Å². The van der Waals surface area contributed by atoms with Gasteiger partial charge in [0, 0.05) is 11.3 Å². The average molecular weight is 339 g/mol. The zero-order valence-corrected chi connectivity index (χ0v) is 14.2. The molecular weight excluding hydrogens is 322 g/mol. The summed E-state index contributed by atoms with van der Waals surface area (Å²) in [4.78, 5) is 11.8. The Kier molecular flexibility index (Phi) is 6.02. The third-order valence-corrected chi connectivity index (χ3v) is 4.33. The number of nitrogens with zero attached hydrogens (tertiary/aromatic N) is 2.